The van der Waals surface area contributed by atoms with E-state index in [4.69, 9.17) is 0 Å². The van der Waals surface area contributed by atoms with Crippen LogP contribution in [0.2, 0.25) is 0 Å². The number of hydrogen-bond donors (Lipinski definition) is 0. The Labute approximate surface area is 141 Å². The highest BCUT2D eigenvalue weighted by Gasteiger charge is 2.27. The molecule has 7 nitrogen and oxygen atoms in total. The number of hydrogen-bond acceptors (Lipinski definition) is 4. The molecule has 0 radical (unpaired) electrons. The third-order valence-electron chi connectivity index (χ3n) is 3.99. The van der Waals surface area contributed by atoms with Crippen molar-refractivity contribution in [1.29, 1.82) is 0 Å². The first kappa shape index (κ1) is 14.8. The Bertz CT molecular complexity index is 1130. The monoisotopic (exact) mass is 332 g/mol. The van der Waals surface area contributed by atoms with Gasteiger partial charge in [-0.1, -0.05) is 36.4 Å². The summed E-state index contributed by atoms with van der Waals surface area (Å²) in [5.74, 6) is 0. The van der Waals surface area contributed by atoms with Gasteiger partial charge in [0.05, 0.1) is 16.8 Å². The molecule has 2 aromatic carbocycles. The molecule has 0 aliphatic rings. The predicted octanol–water partition coefficient (Wildman–Crippen LogP) is 3.08. The third-order valence-corrected chi connectivity index (χ3v) is 3.99. The summed E-state index contributed by atoms with van der Waals surface area (Å²) in [6, 6.07) is 16.0. The Morgan fingerprint density at radius 2 is 1.72 bits per heavy atom. The van der Waals surface area contributed by atoms with Crippen LogP contribution in [0.15, 0.2) is 78.1 Å². The van der Waals surface area contributed by atoms with Crippen molar-refractivity contribution in [2.75, 3.05) is 0 Å². The molecule has 0 saturated heterocycles. The largest absolute Gasteiger partial charge is 0.358 e. The van der Waals surface area contributed by atoms with Crippen LogP contribution in [0.5, 0.6) is 0 Å². The molecule has 0 unspecified atom stereocenters. The van der Waals surface area contributed by atoms with Gasteiger partial charge in [0.25, 0.3) is 0 Å². The van der Waals surface area contributed by atoms with Crippen molar-refractivity contribution in [2.45, 2.75) is 0 Å². The highest BCUT2D eigenvalue weighted by molar-refractivity contribution is 5.92. The van der Waals surface area contributed by atoms with Crippen LogP contribution >= 0.6 is 0 Å². The van der Waals surface area contributed by atoms with Crippen molar-refractivity contribution in [3.8, 4) is 11.4 Å². The third kappa shape index (κ3) is 2.29. The van der Waals surface area contributed by atoms with E-state index < -0.39 is 16.2 Å². The number of rotatable bonds is 3. The summed E-state index contributed by atoms with van der Waals surface area (Å²) in [7, 11) is 0. The maximum absolute atomic E-state index is 13.0. The fourth-order valence-electron chi connectivity index (χ4n) is 2.96. The molecule has 25 heavy (non-hydrogen) atoms. The SMILES string of the molecule is O=c1c([N+](=O)[O-])c(-n2ccnc2)c2ccccc2n1-c1ccccc1. The van der Waals surface area contributed by atoms with Gasteiger partial charge >= 0.3 is 11.2 Å². The first-order chi connectivity index (χ1) is 12.2. The molecule has 2 aromatic heterocycles. The normalized spacial score (nSPS) is 10.9. The van der Waals surface area contributed by atoms with E-state index in [1.807, 2.05) is 6.07 Å². The Morgan fingerprint density at radius 3 is 2.40 bits per heavy atom. The van der Waals surface area contributed by atoms with Crippen molar-refractivity contribution in [2.24, 2.45) is 0 Å². The smallest absolute Gasteiger partial charge is 0.299 e. The number of fused-ring (bicyclic) bond motifs is 1. The van der Waals surface area contributed by atoms with Gasteiger partial charge in [0.1, 0.15) is 5.69 Å². The van der Waals surface area contributed by atoms with Crippen molar-refractivity contribution in [3.63, 3.8) is 0 Å². The molecule has 0 aliphatic heterocycles. The second-order valence-corrected chi connectivity index (χ2v) is 5.42. The van der Waals surface area contributed by atoms with Gasteiger partial charge < -0.3 is 0 Å². The average Bonchev–Trinajstić information content (AvgIpc) is 3.15. The molecule has 0 spiro atoms. The standard InChI is InChI=1S/C18H12N4O3/c23-18-17(22(24)25)16(20-11-10-19-12-20)14-8-4-5-9-15(14)21(18)13-6-2-1-3-7-13/h1-12H. The molecule has 0 N–H and O–H groups in total. The number of nitro groups is 1. The molecule has 0 fully saturated rings. The molecule has 4 aromatic rings. The summed E-state index contributed by atoms with van der Waals surface area (Å²) >= 11 is 0. The maximum atomic E-state index is 13.0. The van der Waals surface area contributed by atoms with Crippen LogP contribution in [0.3, 0.4) is 0 Å². The van der Waals surface area contributed by atoms with Gasteiger partial charge in [0.2, 0.25) is 0 Å². The zero-order valence-electron chi connectivity index (χ0n) is 12.9. The highest BCUT2D eigenvalue weighted by Crippen LogP contribution is 2.29. The fraction of sp³-hybridized carbons (Fsp3) is 0. The highest BCUT2D eigenvalue weighted by atomic mass is 16.6. The Morgan fingerprint density at radius 1 is 1.00 bits per heavy atom. The lowest BCUT2D eigenvalue weighted by Crippen LogP contribution is -2.24. The zero-order chi connectivity index (χ0) is 17.4. The predicted molar refractivity (Wildman–Crippen MR) is 93.3 cm³/mol. The molecular formula is C18H12N4O3. The molecule has 7 heteroatoms. The first-order valence-electron chi connectivity index (χ1n) is 7.54. The van der Waals surface area contributed by atoms with Gasteiger partial charge in [-0.2, -0.15) is 0 Å². The van der Waals surface area contributed by atoms with Crippen molar-refractivity contribution in [3.05, 3.63) is 93.8 Å². The number of nitrogens with zero attached hydrogens (tertiary/aromatic N) is 4. The summed E-state index contributed by atoms with van der Waals surface area (Å²) in [5.41, 5.74) is 0.214. The lowest BCUT2D eigenvalue weighted by Gasteiger charge is -2.14. The second kappa shape index (κ2) is 5.72. The molecule has 0 amide bonds. The van der Waals surface area contributed by atoms with E-state index in [0.717, 1.165) is 0 Å². The maximum Gasteiger partial charge on any atom is 0.358 e. The minimum atomic E-state index is -0.682. The molecule has 4 rings (SSSR count). The van der Waals surface area contributed by atoms with Crippen molar-refractivity contribution in [1.82, 2.24) is 14.1 Å². The van der Waals surface area contributed by atoms with Crippen LogP contribution in [0, 0.1) is 10.1 Å². The van der Waals surface area contributed by atoms with Gasteiger partial charge in [0, 0.05) is 23.5 Å². The van der Waals surface area contributed by atoms with Gasteiger partial charge in [0.15, 0.2) is 0 Å². The van der Waals surface area contributed by atoms with Gasteiger partial charge in [-0.25, -0.2) is 4.98 Å². The van der Waals surface area contributed by atoms with Crippen molar-refractivity contribution < 1.29 is 4.92 Å². The Balaban J connectivity index is 2.24. The molecule has 0 bridgehead atoms. The molecule has 122 valence electrons. The second-order valence-electron chi connectivity index (χ2n) is 5.42. The topological polar surface area (TPSA) is 83.0 Å². The lowest BCUT2D eigenvalue weighted by atomic mass is 10.1. The van der Waals surface area contributed by atoms with Crippen LogP contribution < -0.4 is 5.56 Å². The number of para-hydroxylation sites is 2. The fourth-order valence-corrected chi connectivity index (χ4v) is 2.96. The van der Waals surface area contributed by atoms with E-state index in [-0.39, 0.29) is 5.69 Å². The van der Waals surface area contributed by atoms with E-state index in [1.54, 1.807) is 54.7 Å². The molecule has 0 aliphatic carbocycles. The van der Waals surface area contributed by atoms with Crippen LogP contribution in [-0.4, -0.2) is 19.0 Å². The Kier molecular flexibility index (Phi) is 3.39. The van der Waals surface area contributed by atoms with E-state index in [0.29, 0.717) is 16.6 Å². The van der Waals surface area contributed by atoms with Crippen LogP contribution in [0.25, 0.3) is 22.3 Å². The van der Waals surface area contributed by atoms with Crippen LogP contribution in [0.1, 0.15) is 0 Å². The minimum Gasteiger partial charge on any atom is -0.299 e. The zero-order valence-corrected chi connectivity index (χ0v) is 12.9. The van der Waals surface area contributed by atoms with E-state index >= 15 is 0 Å². The summed E-state index contributed by atoms with van der Waals surface area (Å²) < 4.78 is 2.87. The first-order valence-corrected chi connectivity index (χ1v) is 7.54. The Hall–Kier alpha value is -3.74. The van der Waals surface area contributed by atoms with Gasteiger partial charge in [-0.3, -0.25) is 24.0 Å². The quantitative estimate of drug-likeness (QED) is 0.426. The molecule has 0 atom stereocenters. The summed E-state index contributed by atoms with van der Waals surface area (Å²) in [5, 5.41) is 12.3. The van der Waals surface area contributed by atoms with Gasteiger partial charge in [-0.15, -0.1) is 0 Å². The lowest BCUT2D eigenvalue weighted by molar-refractivity contribution is -0.386. The molecule has 2 heterocycles. The minimum absolute atomic E-state index is 0.218. The summed E-state index contributed by atoms with van der Waals surface area (Å²) in [4.78, 5) is 28.1. The molecule has 0 saturated carbocycles. The van der Waals surface area contributed by atoms with Crippen LogP contribution in [-0.2, 0) is 0 Å². The summed E-state index contributed by atoms with van der Waals surface area (Å²) in [6.07, 6.45) is 4.55. The average molecular weight is 332 g/mol. The van der Waals surface area contributed by atoms with Crippen LogP contribution in [0.4, 0.5) is 5.69 Å². The van der Waals surface area contributed by atoms with E-state index in [1.165, 1.54) is 21.7 Å². The number of imidazole rings is 1. The number of aromatic nitrogens is 3. The van der Waals surface area contributed by atoms with E-state index in [9.17, 15) is 14.9 Å². The van der Waals surface area contributed by atoms with Gasteiger partial charge in [-0.05, 0) is 18.2 Å². The number of benzene rings is 2. The van der Waals surface area contributed by atoms with E-state index in [2.05, 4.69) is 4.98 Å². The molecular weight excluding hydrogens is 320 g/mol. The number of pyridine rings is 1. The van der Waals surface area contributed by atoms with Crippen molar-refractivity contribution >= 4 is 16.6 Å². The summed E-state index contributed by atoms with van der Waals surface area (Å²) in [6.45, 7) is 0.